The van der Waals surface area contributed by atoms with Crippen LogP contribution in [0.5, 0.6) is 0 Å². The van der Waals surface area contributed by atoms with Gasteiger partial charge < -0.3 is 30.9 Å². The fraction of sp³-hybridized carbons (Fsp3) is 0.333. The van der Waals surface area contributed by atoms with Crippen LogP contribution in [0.4, 0.5) is 21.6 Å². The predicted molar refractivity (Wildman–Crippen MR) is 260 cm³/mol. The molecule has 1 unspecified atom stereocenters. The average Bonchev–Trinajstić information content (AvgIpc) is 3.98. The van der Waals surface area contributed by atoms with Crippen LogP contribution in [0.25, 0.3) is 11.3 Å². The van der Waals surface area contributed by atoms with Gasteiger partial charge >= 0.3 is 5.97 Å². The fourth-order valence-corrected chi connectivity index (χ4v) is 9.31. The van der Waals surface area contributed by atoms with Crippen LogP contribution >= 0.6 is 0 Å². The number of nitrogens with zero attached hydrogens (tertiary/aromatic N) is 8. The number of piperidine rings is 2. The van der Waals surface area contributed by atoms with Crippen molar-refractivity contribution in [2.75, 3.05) is 68.7 Å². The maximum Gasteiger partial charge on any atom is 0.361 e. The number of carbonyl (C=O) groups is 7. The molecule has 0 saturated carbocycles. The van der Waals surface area contributed by atoms with Crippen LogP contribution in [0, 0.1) is 5.82 Å². The number of halogens is 1. The molecule has 4 aliphatic heterocycles. The second-order valence-corrected chi connectivity index (χ2v) is 18.1. The van der Waals surface area contributed by atoms with Gasteiger partial charge in [0.2, 0.25) is 23.8 Å². The molecule has 3 aromatic carbocycles. The van der Waals surface area contributed by atoms with Crippen LogP contribution in [0.15, 0.2) is 109 Å². The monoisotopic (exact) mass is 980 g/mol. The summed E-state index contributed by atoms with van der Waals surface area (Å²) >= 11 is 0. The fourth-order valence-electron chi connectivity index (χ4n) is 9.31. The third-order valence-corrected chi connectivity index (χ3v) is 13.2. The number of nitrogens with one attached hydrogen (secondary N) is 3. The van der Waals surface area contributed by atoms with Gasteiger partial charge in [0.15, 0.2) is 11.5 Å². The van der Waals surface area contributed by atoms with Gasteiger partial charge in [0.25, 0.3) is 17.7 Å². The number of nitrogen functional groups attached to an aromatic ring is 1. The highest BCUT2D eigenvalue weighted by molar-refractivity contribution is 6.20. The number of hydrogen-bond donors (Lipinski definition) is 4. The number of imide groups is 2. The number of likely N-dealkylation sites (tertiary alicyclic amines) is 1. The molecule has 2 aromatic heterocycles. The van der Waals surface area contributed by atoms with Crippen molar-refractivity contribution in [3.63, 3.8) is 0 Å². The Bertz CT molecular complexity index is 2900. The Hall–Kier alpha value is -8.17. The lowest BCUT2D eigenvalue weighted by atomic mass is 10.0. The summed E-state index contributed by atoms with van der Waals surface area (Å²) < 4.78 is 21.1. The van der Waals surface area contributed by atoms with Crippen LogP contribution < -0.4 is 21.7 Å². The number of benzene rings is 3. The van der Waals surface area contributed by atoms with Gasteiger partial charge in [0.05, 0.1) is 30.6 Å². The number of rotatable bonds is 16. The van der Waals surface area contributed by atoms with Crippen LogP contribution in [0.3, 0.4) is 0 Å². The van der Waals surface area contributed by atoms with E-state index in [4.69, 9.17) is 10.5 Å². The smallest absolute Gasteiger partial charge is 0.361 e. The zero-order valence-electron chi connectivity index (χ0n) is 39.2. The Morgan fingerprint density at radius 1 is 0.847 bits per heavy atom. The lowest BCUT2D eigenvalue weighted by Crippen LogP contribution is -2.54. The standard InChI is InChI=1S/C51H53FN12O8/c52-35-10-12-36(13-11-35)57-49(69)46(33-7-2-1-3-8-33)72-51(71)45-47(53)54-30-40(58-45)34-29-55-63(31-34)38-16-20-60(21-17-38)18-5-19-61-22-24-62(25-23-61)43(66)27-32-6-4-9-37(26-32)56-39-28-44(67)64(50(39)70)41-14-15-42(65)59-48(41)68/h1-4,6-13,26,28-31,38,41,46,56H,5,14-25,27H2,(H2,53,54)(H,57,69)(H,59,65,68)/t41?,46-/m1/s1. The zero-order valence-corrected chi connectivity index (χ0v) is 39.2. The molecule has 20 nitrogen and oxygen atoms in total. The van der Waals surface area contributed by atoms with Gasteiger partial charge in [-0.3, -0.25) is 48.6 Å². The van der Waals surface area contributed by atoms with Crippen molar-refractivity contribution >= 4 is 58.6 Å². The van der Waals surface area contributed by atoms with E-state index in [9.17, 15) is 38.0 Å². The number of aromatic nitrogens is 4. The molecule has 72 heavy (non-hydrogen) atoms. The number of anilines is 3. The SMILES string of the molecule is Nc1ncc(-c2cnn(C3CCN(CCCN4CCN(C(=O)Cc5cccc(NC6=CC(=O)N(C7CCC(=O)NC7=O)C6=O)c5)CC4)CC3)c2)nc1C(=O)O[C@@H](C(=O)Nc1ccc(F)cc1)c1ccccc1. The second kappa shape index (κ2) is 21.9. The molecule has 6 amide bonds. The van der Waals surface area contributed by atoms with Gasteiger partial charge in [-0.25, -0.2) is 19.2 Å². The van der Waals surface area contributed by atoms with Gasteiger partial charge in [0.1, 0.15) is 17.6 Å². The Morgan fingerprint density at radius 3 is 2.32 bits per heavy atom. The van der Waals surface area contributed by atoms with E-state index >= 15 is 0 Å². The first-order valence-corrected chi connectivity index (χ1v) is 23.9. The number of ether oxygens (including phenoxy) is 1. The molecule has 3 fully saturated rings. The van der Waals surface area contributed by atoms with Crippen LogP contribution in [0.2, 0.25) is 0 Å². The summed E-state index contributed by atoms with van der Waals surface area (Å²) in [5.74, 6) is -4.63. The lowest BCUT2D eigenvalue weighted by molar-refractivity contribution is -0.149. The van der Waals surface area contributed by atoms with E-state index in [1.54, 1.807) is 54.7 Å². The summed E-state index contributed by atoms with van der Waals surface area (Å²) in [6.07, 6.45) is 7.83. The molecule has 3 saturated heterocycles. The van der Waals surface area contributed by atoms with Crippen LogP contribution in [-0.4, -0.2) is 139 Å². The van der Waals surface area contributed by atoms with Gasteiger partial charge in [-0.1, -0.05) is 42.5 Å². The molecule has 9 rings (SSSR count). The molecule has 372 valence electrons. The summed E-state index contributed by atoms with van der Waals surface area (Å²) in [5.41, 5.74) is 8.86. The summed E-state index contributed by atoms with van der Waals surface area (Å²) in [6.45, 7) is 6.46. The number of esters is 1. The highest BCUT2D eigenvalue weighted by atomic mass is 19.1. The minimum Gasteiger partial charge on any atom is -0.442 e. The molecular weight excluding hydrogens is 928 g/mol. The largest absolute Gasteiger partial charge is 0.442 e. The summed E-state index contributed by atoms with van der Waals surface area (Å²) in [6, 6.07) is 19.9. The van der Waals surface area contributed by atoms with Crippen molar-refractivity contribution in [1.82, 2.24) is 44.7 Å². The molecule has 5 aromatic rings. The Kier molecular flexibility index (Phi) is 14.8. The van der Waals surface area contributed by atoms with Crippen molar-refractivity contribution in [2.45, 2.75) is 56.7 Å². The zero-order chi connectivity index (χ0) is 50.3. The third kappa shape index (κ3) is 11.5. The van der Waals surface area contributed by atoms with E-state index < -0.39 is 53.5 Å². The number of carbonyl (C=O) groups excluding carboxylic acids is 7. The second-order valence-electron chi connectivity index (χ2n) is 18.1. The van der Waals surface area contributed by atoms with Crippen molar-refractivity contribution < 1.29 is 42.7 Å². The molecule has 21 heteroatoms. The van der Waals surface area contributed by atoms with Crippen LogP contribution in [0.1, 0.15) is 65.9 Å². The van der Waals surface area contributed by atoms with E-state index in [-0.39, 0.29) is 48.4 Å². The first kappa shape index (κ1) is 48.8. The van der Waals surface area contributed by atoms with E-state index in [2.05, 4.69) is 40.8 Å². The molecule has 0 spiro atoms. The van der Waals surface area contributed by atoms with E-state index in [1.807, 2.05) is 21.8 Å². The molecular formula is C51H53FN12O8. The first-order chi connectivity index (χ1) is 34.8. The number of amides is 6. The van der Waals surface area contributed by atoms with E-state index in [0.717, 1.165) is 75.1 Å². The summed E-state index contributed by atoms with van der Waals surface area (Å²) in [5, 5.41) is 12.4. The van der Waals surface area contributed by atoms with E-state index in [1.165, 1.54) is 30.5 Å². The highest BCUT2D eigenvalue weighted by Crippen LogP contribution is 2.28. The van der Waals surface area contributed by atoms with Gasteiger partial charge in [-0.15, -0.1) is 0 Å². The molecule has 5 N–H and O–H groups in total. The summed E-state index contributed by atoms with van der Waals surface area (Å²) in [7, 11) is 0. The first-order valence-electron chi connectivity index (χ1n) is 23.9. The minimum absolute atomic E-state index is 0.00148. The summed E-state index contributed by atoms with van der Waals surface area (Å²) in [4.78, 5) is 106. The molecule has 0 radical (unpaired) electrons. The Balaban J connectivity index is 0.699. The third-order valence-electron chi connectivity index (χ3n) is 13.2. The van der Waals surface area contributed by atoms with Crippen molar-refractivity contribution in [1.29, 1.82) is 0 Å². The number of nitrogens with two attached hydrogens (primary N) is 1. The van der Waals surface area contributed by atoms with Gasteiger partial charge in [-0.2, -0.15) is 5.10 Å². The molecule has 0 bridgehead atoms. The molecule has 4 aliphatic rings. The number of piperazine rings is 1. The minimum atomic E-state index is -1.37. The predicted octanol–water partition coefficient (Wildman–Crippen LogP) is 3.48. The van der Waals surface area contributed by atoms with Crippen molar-refractivity contribution in [3.8, 4) is 11.3 Å². The maximum absolute atomic E-state index is 13.6. The normalized spacial score (nSPS) is 18.4. The maximum atomic E-state index is 13.6. The lowest BCUT2D eigenvalue weighted by Gasteiger charge is -2.36. The average molecular weight is 981 g/mol. The molecule has 6 heterocycles. The Labute approximate surface area is 413 Å². The van der Waals surface area contributed by atoms with E-state index in [0.29, 0.717) is 41.3 Å². The quantitative estimate of drug-likeness (QED) is 0.0817. The van der Waals surface area contributed by atoms with Crippen molar-refractivity contribution in [3.05, 3.63) is 132 Å². The highest BCUT2D eigenvalue weighted by Gasteiger charge is 2.42. The Morgan fingerprint density at radius 2 is 1.58 bits per heavy atom. The molecule has 2 atom stereocenters. The van der Waals surface area contributed by atoms with Gasteiger partial charge in [-0.05, 0) is 80.7 Å². The van der Waals surface area contributed by atoms with Crippen LogP contribution in [-0.2, 0) is 39.9 Å². The van der Waals surface area contributed by atoms with Crippen molar-refractivity contribution in [2.24, 2.45) is 0 Å². The topological polar surface area (TPSA) is 247 Å². The number of hydrogen-bond acceptors (Lipinski definition) is 15. The molecule has 0 aliphatic carbocycles. The van der Waals surface area contributed by atoms with Gasteiger partial charge in [0, 0.05) is 80.5 Å².